The van der Waals surface area contributed by atoms with Gasteiger partial charge < -0.3 is 19.6 Å². The van der Waals surface area contributed by atoms with Gasteiger partial charge in [0.05, 0.1) is 33.9 Å². The van der Waals surface area contributed by atoms with Gasteiger partial charge in [0, 0.05) is 24.9 Å². The highest BCUT2D eigenvalue weighted by Crippen LogP contribution is 2.68. The van der Waals surface area contributed by atoms with E-state index in [-0.39, 0.29) is 48.7 Å². The number of carbonyl (C=O) groups excluding carboxylic acids is 3. The van der Waals surface area contributed by atoms with Crippen molar-refractivity contribution in [2.24, 2.45) is 17.8 Å². The minimum Gasteiger partial charge on any atom is -0.465 e. The van der Waals surface area contributed by atoms with Crippen molar-refractivity contribution in [1.29, 1.82) is 0 Å². The maximum Gasteiger partial charge on any atom is 0.310 e. The predicted molar refractivity (Wildman–Crippen MR) is 146 cm³/mol. The van der Waals surface area contributed by atoms with E-state index in [1.54, 1.807) is 51.9 Å². The summed E-state index contributed by atoms with van der Waals surface area (Å²) in [4.78, 5) is 45.0. The number of nitrogens with zero attached hydrogens (tertiary/aromatic N) is 2. The Kier molecular flexibility index (Phi) is 8.71. The molecule has 0 radical (unpaired) electrons. The highest BCUT2D eigenvalue weighted by atomic mass is 35.5. The van der Waals surface area contributed by atoms with Crippen LogP contribution in [0.1, 0.15) is 32.6 Å². The first kappa shape index (κ1) is 27.7. The van der Waals surface area contributed by atoms with Gasteiger partial charge in [-0.2, -0.15) is 0 Å². The smallest absolute Gasteiger partial charge is 0.310 e. The number of aliphatic hydroxyl groups excluding tert-OH is 1. The van der Waals surface area contributed by atoms with E-state index >= 15 is 0 Å². The summed E-state index contributed by atoms with van der Waals surface area (Å²) in [6.45, 7) is 10.4. The van der Waals surface area contributed by atoms with Gasteiger partial charge in [0.2, 0.25) is 5.91 Å². The zero-order chi connectivity index (χ0) is 26.7. The number of unbranched alkanes of at least 4 members (excludes halogenated alkanes) is 1. The summed E-state index contributed by atoms with van der Waals surface area (Å²) in [5, 5.41) is 9.72. The number of esters is 1. The van der Waals surface area contributed by atoms with Gasteiger partial charge in [0.15, 0.2) is 0 Å². The maximum absolute atomic E-state index is 14.5. The summed E-state index contributed by atoms with van der Waals surface area (Å²) < 4.78 is 4.81. The first-order valence-corrected chi connectivity index (χ1v) is 14.1. The number of hydrogen-bond acceptors (Lipinski definition) is 6. The van der Waals surface area contributed by atoms with Gasteiger partial charge in [-0.1, -0.05) is 42.8 Å². The summed E-state index contributed by atoms with van der Waals surface area (Å²) in [5.41, 5.74) is 0.558. The normalized spacial score (nSPS) is 29.8. The summed E-state index contributed by atoms with van der Waals surface area (Å²) >= 11 is 8.12. The van der Waals surface area contributed by atoms with Gasteiger partial charge >= 0.3 is 5.97 Å². The van der Waals surface area contributed by atoms with Gasteiger partial charge in [-0.05, 0) is 43.7 Å². The molecule has 2 bridgehead atoms. The second-order valence-corrected chi connectivity index (χ2v) is 11.9. The number of benzene rings is 1. The highest BCUT2D eigenvalue weighted by Gasteiger charge is 2.76. The monoisotopic (exact) mass is 546 g/mol. The Balaban J connectivity index is 1.76. The number of hydrogen-bond donors (Lipinski definition) is 1. The van der Waals surface area contributed by atoms with Gasteiger partial charge in [-0.15, -0.1) is 24.9 Å². The number of aliphatic hydroxyl groups is 1. The van der Waals surface area contributed by atoms with Gasteiger partial charge in [-0.25, -0.2) is 0 Å². The molecule has 4 rings (SSSR count). The lowest BCUT2D eigenvalue weighted by Crippen LogP contribution is -2.57. The number of halogens is 1. The van der Waals surface area contributed by atoms with Crippen molar-refractivity contribution < 1.29 is 24.2 Å². The molecule has 6 atom stereocenters. The van der Waals surface area contributed by atoms with Gasteiger partial charge in [-0.3, -0.25) is 14.4 Å². The van der Waals surface area contributed by atoms with Crippen LogP contribution in [0.15, 0.2) is 49.6 Å². The van der Waals surface area contributed by atoms with E-state index in [9.17, 15) is 19.5 Å². The van der Waals surface area contributed by atoms with Crippen LogP contribution in [0.4, 0.5) is 5.69 Å². The van der Waals surface area contributed by atoms with Gasteiger partial charge in [0.25, 0.3) is 5.91 Å². The molecule has 0 saturated carbocycles. The van der Waals surface area contributed by atoms with Crippen molar-refractivity contribution in [2.75, 3.05) is 31.2 Å². The molecule has 200 valence electrons. The van der Waals surface area contributed by atoms with Crippen molar-refractivity contribution in [3.05, 3.63) is 54.6 Å². The third-order valence-corrected chi connectivity index (χ3v) is 10.2. The molecule has 2 amide bonds. The lowest BCUT2D eigenvalue weighted by molar-refractivity contribution is -0.154. The molecule has 37 heavy (non-hydrogen) atoms. The minimum absolute atomic E-state index is 0.00289. The molecule has 1 aromatic rings. The van der Waals surface area contributed by atoms with Crippen LogP contribution >= 0.6 is 23.4 Å². The van der Waals surface area contributed by atoms with Crippen LogP contribution in [-0.2, 0) is 19.1 Å². The fraction of sp³-hybridized carbons (Fsp3) is 0.536. The zero-order valence-corrected chi connectivity index (χ0v) is 22.8. The predicted octanol–water partition coefficient (Wildman–Crippen LogP) is 4.09. The fourth-order valence-electron chi connectivity index (χ4n) is 6.30. The summed E-state index contributed by atoms with van der Waals surface area (Å²) in [7, 11) is 0. The molecular formula is C28H35ClN2O5S. The average Bonchev–Trinajstić information content (AvgIpc) is 3.47. The van der Waals surface area contributed by atoms with E-state index in [4.69, 9.17) is 16.3 Å². The van der Waals surface area contributed by atoms with Crippen LogP contribution in [0.5, 0.6) is 0 Å². The number of para-hydroxylation sites is 1. The van der Waals surface area contributed by atoms with Crippen molar-refractivity contribution >= 4 is 46.8 Å². The molecule has 0 aromatic heterocycles. The number of anilines is 1. The zero-order valence-electron chi connectivity index (χ0n) is 21.2. The second kappa shape index (κ2) is 11.6. The lowest BCUT2D eigenvalue weighted by Gasteiger charge is -2.40. The fourth-order valence-corrected chi connectivity index (χ4v) is 8.94. The minimum atomic E-state index is -0.768. The third-order valence-electron chi connectivity index (χ3n) is 7.85. The number of likely N-dealkylation sites (tertiary alicyclic amines) is 1. The van der Waals surface area contributed by atoms with Crippen molar-refractivity contribution in [1.82, 2.24) is 4.90 Å². The Hall–Kier alpha value is -2.29. The van der Waals surface area contributed by atoms with Crippen LogP contribution in [0, 0.1) is 17.8 Å². The van der Waals surface area contributed by atoms with Crippen LogP contribution < -0.4 is 4.90 Å². The first-order valence-electron chi connectivity index (χ1n) is 12.9. The molecule has 1 N–H and O–H groups in total. The topological polar surface area (TPSA) is 87.2 Å². The number of fused-ring (bicyclic) bond motifs is 1. The van der Waals surface area contributed by atoms with E-state index in [2.05, 4.69) is 20.1 Å². The first-order chi connectivity index (χ1) is 17.8. The molecule has 1 spiro atoms. The molecule has 3 fully saturated rings. The lowest BCUT2D eigenvalue weighted by atomic mass is 9.66. The number of thioether (sulfide) groups is 1. The Labute approximate surface area is 227 Å². The molecule has 3 aliphatic rings. The van der Waals surface area contributed by atoms with E-state index in [0.717, 1.165) is 6.42 Å². The van der Waals surface area contributed by atoms with Crippen LogP contribution in [0.2, 0.25) is 5.02 Å². The number of rotatable bonds is 12. The van der Waals surface area contributed by atoms with Crippen molar-refractivity contribution in [3.8, 4) is 0 Å². The standard InChI is InChI=1S/C28H35ClN2O5S/c1-4-6-16-36-27(35)22-21-17-18(3)28(37-21)23(22)25(33)31(14-9-10-15-32)24(28)26(34)30(13-5-2)20-12-8-7-11-19(20)29/h4-5,7-8,11-12,18,21-24,32H,1-2,6,9-10,13-17H2,3H3/t18?,21-,22+,23-,24?,28?/m0/s1. The molecule has 3 saturated heterocycles. The number of carbonyl (C=O) groups is 3. The molecule has 7 nitrogen and oxygen atoms in total. The molecule has 1 aromatic carbocycles. The quantitative estimate of drug-likeness (QED) is 0.241. The SMILES string of the molecule is C=CCCOC(=O)[C@@H]1[C@@H]2CC(C)C3(S2)C(C(=O)N(CC=C)c2ccccc2Cl)N(CCCCO)C(=O)[C@H]13. The highest BCUT2D eigenvalue weighted by molar-refractivity contribution is 8.02. The Morgan fingerprint density at radius 2 is 2.05 bits per heavy atom. The van der Waals surface area contributed by atoms with Crippen LogP contribution in [-0.4, -0.2) is 70.1 Å². The Bertz CT molecular complexity index is 1070. The van der Waals surface area contributed by atoms with Crippen LogP contribution in [0.25, 0.3) is 0 Å². The molecule has 9 heteroatoms. The Morgan fingerprint density at radius 3 is 2.73 bits per heavy atom. The summed E-state index contributed by atoms with van der Waals surface area (Å²) in [6, 6.07) is 6.37. The van der Waals surface area contributed by atoms with Crippen molar-refractivity contribution in [2.45, 2.75) is 48.6 Å². The molecule has 3 unspecified atom stereocenters. The molecule has 0 aliphatic carbocycles. The van der Waals surface area contributed by atoms with E-state index in [0.29, 0.717) is 36.5 Å². The average molecular weight is 547 g/mol. The van der Waals surface area contributed by atoms with Gasteiger partial charge in [0.1, 0.15) is 6.04 Å². The third kappa shape index (κ3) is 4.72. The Morgan fingerprint density at radius 1 is 1.30 bits per heavy atom. The van der Waals surface area contributed by atoms with E-state index < -0.39 is 22.6 Å². The van der Waals surface area contributed by atoms with Crippen LogP contribution in [0.3, 0.4) is 0 Å². The van der Waals surface area contributed by atoms with E-state index in [1.807, 2.05) is 6.07 Å². The second-order valence-electron chi connectivity index (χ2n) is 9.95. The largest absolute Gasteiger partial charge is 0.465 e. The summed E-state index contributed by atoms with van der Waals surface area (Å²) in [6.07, 6.45) is 5.68. The van der Waals surface area contributed by atoms with E-state index in [1.165, 1.54) is 0 Å². The molecule has 3 aliphatic heterocycles. The molecule has 3 heterocycles. The van der Waals surface area contributed by atoms with Crippen molar-refractivity contribution in [3.63, 3.8) is 0 Å². The molecular weight excluding hydrogens is 512 g/mol. The number of ether oxygens (including phenoxy) is 1. The number of amides is 2. The maximum atomic E-state index is 14.5. The summed E-state index contributed by atoms with van der Waals surface area (Å²) in [5.74, 6) is -1.96.